The van der Waals surface area contributed by atoms with Crippen LogP contribution in [0.5, 0.6) is 5.75 Å². The number of ether oxygens (including phenoxy) is 1. The van der Waals surface area contributed by atoms with E-state index in [1.807, 2.05) is 42.9 Å². The number of nitrogens with zero attached hydrogens (tertiary/aromatic N) is 3. The van der Waals surface area contributed by atoms with E-state index in [-0.39, 0.29) is 0 Å². The molecule has 0 radical (unpaired) electrons. The van der Waals surface area contributed by atoms with Gasteiger partial charge in [-0.2, -0.15) is 0 Å². The van der Waals surface area contributed by atoms with E-state index in [0.29, 0.717) is 6.04 Å². The Labute approximate surface area is 182 Å². The van der Waals surface area contributed by atoms with Crippen molar-refractivity contribution < 1.29 is 4.74 Å². The van der Waals surface area contributed by atoms with Crippen LogP contribution in [0.3, 0.4) is 0 Å². The van der Waals surface area contributed by atoms with Crippen LogP contribution < -0.4 is 10.1 Å². The lowest BCUT2D eigenvalue weighted by Gasteiger charge is -2.23. The summed E-state index contributed by atoms with van der Waals surface area (Å²) in [4.78, 5) is 13.8. The van der Waals surface area contributed by atoms with E-state index in [0.717, 1.165) is 44.7 Å². The molecule has 1 aliphatic carbocycles. The molecule has 0 amide bonds. The standard InChI is InChI=1S/C26H26N4O/c1-31-22-9-5-6-18(14-22)25-23-17-27-12-10-20(23)16-29-26(25)19-11-13-28-24(15-19)30-21-7-3-2-4-8-21/h5-6,9-17,21H,2-4,7-8H2,1H3,(H,28,30). The van der Waals surface area contributed by atoms with Gasteiger partial charge in [-0.1, -0.05) is 31.4 Å². The van der Waals surface area contributed by atoms with E-state index < -0.39 is 0 Å². The maximum Gasteiger partial charge on any atom is 0.126 e. The van der Waals surface area contributed by atoms with Crippen LogP contribution in [0.4, 0.5) is 5.82 Å². The van der Waals surface area contributed by atoms with Crippen LogP contribution in [0, 0.1) is 0 Å². The molecule has 3 heterocycles. The van der Waals surface area contributed by atoms with Crippen molar-refractivity contribution in [1.29, 1.82) is 0 Å². The molecule has 1 saturated carbocycles. The summed E-state index contributed by atoms with van der Waals surface area (Å²) in [7, 11) is 1.69. The number of rotatable bonds is 5. The second kappa shape index (κ2) is 8.72. The van der Waals surface area contributed by atoms with Crippen LogP contribution in [0.1, 0.15) is 32.1 Å². The third-order valence-electron chi connectivity index (χ3n) is 6.04. The SMILES string of the molecule is COc1cccc(-c2c(-c3ccnc(NC4CCCCC4)c3)ncc3ccncc23)c1. The van der Waals surface area contributed by atoms with Gasteiger partial charge >= 0.3 is 0 Å². The molecule has 3 aromatic heterocycles. The van der Waals surface area contributed by atoms with E-state index in [1.54, 1.807) is 13.3 Å². The fourth-order valence-corrected chi connectivity index (χ4v) is 4.46. The molecule has 1 N–H and O–H groups in total. The van der Waals surface area contributed by atoms with Crippen molar-refractivity contribution in [2.75, 3.05) is 12.4 Å². The number of hydrogen-bond donors (Lipinski definition) is 1. The summed E-state index contributed by atoms with van der Waals surface area (Å²) in [6.45, 7) is 0. The van der Waals surface area contributed by atoms with Crippen molar-refractivity contribution in [3.8, 4) is 28.1 Å². The molecule has 31 heavy (non-hydrogen) atoms. The molecule has 1 aliphatic rings. The Hall–Kier alpha value is -3.47. The molecule has 5 rings (SSSR count). The first kappa shape index (κ1) is 19.5. The van der Waals surface area contributed by atoms with Gasteiger partial charge in [0.15, 0.2) is 0 Å². The summed E-state index contributed by atoms with van der Waals surface area (Å²) >= 11 is 0. The molecular formula is C26H26N4O. The van der Waals surface area contributed by atoms with E-state index in [1.165, 1.54) is 32.1 Å². The Morgan fingerprint density at radius 3 is 2.68 bits per heavy atom. The fourth-order valence-electron chi connectivity index (χ4n) is 4.46. The van der Waals surface area contributed by atoms with Gasteiger partial charge in [0.25, 0.3) is 0 Å². The van der Waals surface area contributed by atoms with Gasteiger partial charge in [0.05, 0.1) is 12.8 Å². The summed E-state index contributed by atoms with van der Waals surface area (Å²) in [6, 6.07) is 14.8. The molecule has 0 aliphatic heterocycles. The number of fused-ring (bicyclic) bond motifs is 1. The van der Waals surface area contributed by atoms with Crippen molar-refractivity contribution >= 4 is 16.6 Å². The zero-order valence-corrected chi connectivity index (χ0v) is 17.7. The molecule has 0 spiro atoms. The first-order chi connectivity index (χ1) is 15.3. The minimum absolute atomic E-state index is 0.503. The summed E-state index contributed by atoms with van der Waals surface area (Å²) in [6.07, 6.45) is 13.8. The van der Waals surface area contributed by atoms with Crippen molar-refractivity contribution in [3.05, 3.63) is 67.3 Å². The van der Waals surface area contributed by atoms with Crippen LogP contribution in [0.15, 0.2) is 67.3 Å². The molecule has 156 valence electrons. The monoisotopic (exact) mass is 410 g/mol. The zero-order valence-electron chi connectivity index (χ0n) is 17.7. The second-order valence-electron chi connectivity index (χ2n) is 8.09. The summed E-state index contributed by atoms with van der Waals surface area (Å²) < 4.78 is 5.48. The minimum atomic E-state index is 0.503. The van der Waals surface area contributed by atoms with Crippen LogP contribution in [0.25, 0.3) is 33.2 Å². The van der Waals surface area contributed by atoms with Crippen molar-refractivity contribution in [1.82, 2.24) is 15.0 Å². The van der Waals surface area contributed by atoms with E-state index in [4.69, 9.17) is 9.72 Å². The van der Waals surface area contributed by atoms with E-state index in [2.05, 4.69) is 33.5 Å². The van der Waals surface area contributed by atoms with Gasteiger partial charge in [-0.25, -0.2) is 4.98 Å². The average molecular weight is 411 g/mol. The van der Waals surface area contributed by atoms with Crippen LogP contribution in [-0.4, -0.2) is 28.1 Å². The number of anilines is 1. The van der Waals surface area contributed by atoms with Gasteiger partial charge in [-0.05, 0) is 48.7 Å². The topological polar surface area (TPSA) is 59.9 Å². The van der Waals surface area contributed by atoms with E-state index in [9.17, 15) is 0 Å². The highest BCUT2D eigenvalue weighted by molar-refractivity contribution is 6.02. The maximum absolute atomic E-state index is 5.48. The molecule has 0 bridgehead atoms. The zero-order chi connectivity index (χ0) is 21.0. The van der Waals surface area contributed by atoms with Gasteiger partial charge in [-0.3, -0.25) is 9.97 Å². The van der Waals surface area contributed by atoms with Crippen LogP contribution in [-0.2, 0) is 0 Å². The number of methoxy groups -OCH3 is 1. The minimum Gasteiger partial charge on any atom is -0.497 e. The molecule has 1 aromatic carbocycles. The third-order valence-corrected chi connectivity index (χ3v) is 6.04. The van der Waals surface area contributed by atoms with Gasteiger partial charge in [0, 0.05) is 52.7 Å². The summed E-state index contributed by atoms with van der Waals surface area (Å²) in [5.74, 6) is 1.73. The molecule has 0 atom stereocenters. The second-order valence-corrected chi connectivity index (χ2v) is 8.09. The Bertz CT molecular complexity index is 1200. The molecule has 0 unspecified atom stereocenters. The molecule has 4 aromatic rings. The van der Waals surface area contributed by atoms with Crippen molar-refractivity contribution in [2.45, 2.75) is 38.1 Å². The van der Waals surface area contributed by atoms with E-state index >= 15 is 0 Å². The first-order valence-corrected chi connectivity index (χ1v) is 10.9. The molecule has 5 nitrogen and oxygen atoms in total. The lowest BCUT2D eigenvalue weighted by molar-refractivity contribution is 0.415. The lowest BCUT2D eigenvalue weighted by atomic mass is 9.94. The number of hydrogen-bond acceptors (Lipinski definition) is 5. The van der Waals surface area contributed by atoms with Crippen molar-refractivity contribution in [2.24, 2.45) is 0 Å². The van der Waals surface area contributed by atoms with Gasteiger partial charge in [-0.15, -0.1) is 0 Å². The van der Waals surface area contributed by atoms with Gasteiger partial charge in [0.1, 0.15) is 11.6 Å². The predicted molar refractivity (Wildman–Crippen MR) is 125 cm³/mol. The quantitative estimate of drug-likeness (QED) is 0.430. The number of aromatic nitrogens is 3. The highest BCUT2D eigenvalue weighted by atomic mass is 16.5. The average Bonchev–Trinajstić information content (AvgIpc) is 2.84. The van der Waals surface area contributed by atoms with Crippen molar-refractivity contribution in [3.63, 3.8) is 0 Å². The molecule has 5 heteroatoms. The lowest BCUT2D eigenvalue weighted by Crippen LogP contribution is -2.22. The van der Waals surface area contributed by atoms with Crippen LogP contribution in [0.2, 0.25) is 0 Å². The highest BCUT2D eigenvalue weighted by Gasteiger charge is 2.17. The molecule has 0 saturated heterocycles. The summed E-state index contributed by atoms with van der Waals surface area (Å²) in [5, 5.41) is 5.76. The largest absolute Gasteiger partial charge is 0.497 e. The van der Waals surface area contributed by atoms with Gasteiger partial charge < -0.3 is 10.1 Å². The Morgan fingerprint density at radius 1 is 0.903 bits per heavy atom. The maximum atomic E-state index is 5.48. The Kier molecular flexibility index (Phi) is 5.48. The molecular weight excluding hydrogens is 384 g/mol. The smallest absolute Gasteiger partial charge is 0.126 e. The Balaban J connectivity index is 1.62. The van der Waals surface area contributed by atoms with Gasteiger partial charge in [0.2, 0.25) is 0 Å². The fraction of sp³-hybridized carbons (Fsp3) is 0.269. The first-order valence-electron chi connectivity index (χ1n) is 10.9. The predicted octanol–water partition coefficient (Wildman–Crippen LogP) is 6.11. The third kappa shape index (κ3) is 4.08. The number of pyridine rings is 3. The number of benzene rings is 1. The number of nitrogens with one attached hydrogen (secondary N) is 1. The molecule has 1 fully saturated rings. The highest BCUT2D eigenvalue weighted by Crippen LogP contribution is 2.37. The van der Waals surface area contributed by atoms with Crippen LogP contribution >= 0.6 is 0 Å². The summed E-state index contributed by atoms with van der Waals surface area (Å²) in [5.41, 5.74) is 4.07. The normalized spacial score (nSPS) is 14.5. The Morgan fingerprint density at radius 2 is 1.81 bits per heavy atom.